The average molecular weight is 532 g/mol. The summed E-state index contributed by atoms with van der Waals surface area (Å²) in [5, 5.41) is 6.67. The van der Waals surface area contributed by atoms with Gasteiger partial charge in [-0.3, -0.25) is 0 Å². The van der Waals surface area contributed by atoms with Crippen LogP contribution in [0.3, 0.4) is 0 Å². The van der Waals surface area contributed by atoms with E-state index in [1.807, 2.05) is 23.6 Å². The Balaban J connectivity index is 1.37. The molecule has 0 aliphatic carbocycles. The van der Waals surface area contributed by atoms with Crippen molar-refractivity contribution >= 4 is 50.3 Å². The van der Waals surface area contributed by atoms with E-state index in [1.54, 1.807) is 35.6 Å². The Labute approximate surface area is 221 Å². The van der Waals surface area contributed by atoms with Crippen molar-refractivity contribution in [3.05, 3.63) is 94.0 Å². The Hall–Kier alpha value is -4.39. The van der Waals surface area contributed by atoms with Crippen LogP contribution in [0.15, 0.2) is 66.2 Å². The lowest BCUT2D eigenvalue weighted by Gasteiger charge is -2.12. The Morgan fingerprint density at radius 2 is 1.95 bits per heavy atom. The van der Waals surface area contributed by atoms with E-state index in [0.717, 1.165) is 15.8 Å². The number of aromatic nitrogens is 3. The lowest BCUT2D eigenvalue weighted by molar-refractivity contribution is 0.306. The fourth-order valence-corrected chi connectivity index (χ4v) is 4.52. The van der Waals surface area contributed by atoms with E-state index in [0.29, 0.717) is 33.5 Å². The lowest BCUT2D eigenvalue weighted by atomic mass is 10.2. The highest BCUT2D eigenvalue weighted by Gasteiger charge is 2.10. The number of thiophene rings is 1. The number of methoxy groups -OCH3 is 1. The first-order valence-electron chi connectivity index (χ1n) is 11.0. The Morgan fingerprint density at radius 1 is 1.08 bits per heavy atom. The van der Waals surface area contributed by atoms with Gasteiger partial charge in [0.25, 0.3) is 5.88 Å². The molecule has 0 saturated carbocycles. The third-order valence-corrected chi connectivity index (χ3v) is 6.37. The van der Waals surface area contributed by atoms with Crippen LogP contribution in [0.5, 0.6) is 11.6 Å². The first-order chi connectivity index (χ1) is 18.0. The molecule has 0 atom stereocenters. The summed E-state index contributed by atoms with van der Waals surface area (Å²) in [6, 6.07) is 15.5. The highest BCUT2D eigenvalue weighted by atomic mass is 35.5. The second kappa shape index (κ2) is 10.7. The van der Waals surface area contributed by atoms with E-state index in [9.17, 15) is 4.39 Å². The van der Waals surface area contributed by atoms with E-state index in [2.05, 4.69) is 32.1 Å². The zero-order valence-corrected chi connectivity index (χ0v) is 21.0. The quantitative estimate of drug-likeness (QED) is 0.252. The summed E-state index contributed by atoms with van der Waals surface area (Å²) in [7, 11) is 1.47. The molecule has 184 valence electrons. The van der Waals surface area contributed by atoms with Crippen LogP contribution in [0.1, 0.15) is 17.0 Å². The number of halogens is 2. The van der Waals surface area contributed by atoms with Crippen LogP contribution in [0.2, 0.25) is 5.02 Å². The molecule has 5 rings (SSSR count). The maximum atomic E-state index is 13.4. The fourth-order valence-electron chi connectivity index (χ4n) is 3.46. The van der Waals surface area contributed by atoms with Gasteiger partial charge < -0.3 is 20.5 Å². The van der Waals surface area contributed by atoms with Crippen molar-refractivity contribution in [2.45, 2.75) is 6.61 Å². The van der Waals surface area contributed by atoms with Crippen molar-refractivity contribution in [3.63, 3.8) is 0 Å². The van der Waals surface area contributed by atoms with E-state index < -0.39 is 0 Å². The minimum Gasteiger partial charge on any atom is -0.487 e. The second-order valence-corrected chi connectivity index (χ2v) is 9.13. The lowest BCUT2D eigenvalue weighted by Crippen LogP contribution is -2.00. The number of nitrogens with zero attached hydrogens (tertiary/aromatic N) is 3. The van der Waals surface area contributed by atoms with Gasteiger partial charge in [0, 0.05) is 15.8 Å². The molecule has 3 heterocycles. The largest absolute Gasteiger partial charge is 0.487 e. The molecule has 37 heavy (non-hydrogen) atoms. The van der Waals surface area contributed by atoms with E-state index in [4.69, 9.17) is 26.8 Å². The van der Waals surface area contributed by atoms with Gasteiger partial charge in [0.2, 0.25) is 0 Å². The van der Waals surface area contributed by atoms with Gasteiger partial charge in [0.15, 0.2) is 5.82 Å². The van der Waals surface area contributed by atoms with Crippen LogP contribution < -0.4 is 20.5 Å². The summed E-state index contributed by atoms with van der Waals surface area (Å²) in [6.07, 6.45) is 1.48. The van der Waals surface area contributed by atoms with Crippen LogP contribution in [-0.4, -0.2) is 22.1 Å². The molecule has 3 aromatic heterocycles. The average Bonchev–Trinajstić information content (AvgIpc) is 3.37. The Kier molecular flexibility index (Phi) is 7.03. The number of nitrogens with two attached hydrogens (primary N) is 1. The molecule has 0 bridgehead atoms. The molecule has 10 heteroatoms. The summed E-state index contributed by atoms with van der Waals surface area (Å²) in [6.45, 7) is 0.201. The summed E-state index contributed by atoms with van der Waals surface area (Å²) in [4.78, 5) is 13.0. The molecule has 0 aliphatic heterocycles. The molecule has 5 aromatic rings. The molecule has 0 fully saturated rings. The summed E-state index contributed by atoms with van der Waals surface area (Å²) in [5.41, 5.74) is 8.12. The standard InChI is InChI=1S/C27H19ClFN5O2S/c1-35-27-25(30)31-14-20(34-27)6-5-19-13-24-21(9-10-37-24)26(33-19)32-18-7-8-23(22(28)12-18)36-15-16-3-2-4-17(29)11-16/h2-4,7-14H,15H2,1H3,(H2,30,31)(H,32,33). The van der Waals surface area contributed by atoms with Crippen LogP contribution in [0.4, 0.5) is 21.7 Å². The number of pyridine rings is 1. The van der Waals surface area contributed by atoms with Gasteiger partial charge in [-0.2, -0.15) is 4.98 Å². The molecule has 0 amide bonds. The van der Waals surface area contributed by atoms with Crippen LogP contribution in [-0.2, 0) is 6.61 Å². The molecular weight excluding hydrogens is 513 g/mol. The number of hydrogen-bond donors (Lipinski definition) is 2. The Bertz CT molecular complexity index is 1660. The highest BCUT2D eigenvalue weighted by molar-refractivity contribution is 7.17. The van der Waals surface area contributed by atoms with Crippen LogP contribution in [0, 0.1) is 17.7 Å². The van der Waals surface area contributed by atoms with Gasteiger partial charge in [-0.1, -0.05) is 23.7 Å². The zero-order valence-electron chi connectivity index (χ0n) is 19.5. The van der Waals surface area contributed by atoms with Crippen molar-refractivity contribution in [3.8, 4) is 23.5 Å². The molecule has 0 saturated heterocycles. The Morgan fingerprint density at radius 3 is 2.76 bits per heavy atom. The number of rotatable bonds is 6. The number of benzene rings is 2. The number of nitrogens with one attached hydrogen (secondary N) is 1. The molecule has 0 spiro atoms. The summed E-state index contributed by atoms with van der Waals surface area (Å²) < 4.78 is 25.3. The first-order valence-corrected chi connectivity index (χ1v) is 12.2. The maximum absolute atomic E-state index is 13.4. The summed E-state index contributed by atoms with van der Waals surface area (Å²) >= 11 is 8.05. The molecule has 0 radical (unpaired) electrons. The SMILES string of the molecule is COc1nc(C#Cc2cc3sccc3c(Nc3ccc(OCc4cccc(F)c4)c(Cl)c3)n2)cnc1N. The minimum atomic E-state index is -0.313. The topological polar surface area (TPSA) is 95.2 Å². The van der Waals surface area contributed by atoms with Gasteiger partial charge in [-0.05, 0) is 65.2 Å². The molecule has 2 aromatic carbocycles. The van der Waals surface area contributed by atoms with E-state index in [1.165, 1.54) is 25.4 Å². The first kappa shape index (κ1) is 24.3. The number of anilines is 3. The molecule has 0 unspecified atom stereocenters. The number of nitrogen functional groups attached to an aromatic ring is 1. The monoisotopic (exact) mass is 531 g/mol. The van der Waals surface area contributed by atoms with Crippen molar-refractivity contribution < 1.29 is 13.9 Å². The maximum Gasteiger partial charge on any atom is 0.258 e. The van der Waals surface area contributed by atoms with Crippen molar-refractivity contribution in [2.75, 3.05) is 18.2 Å². The van der Waals surface area contributed by atoms with Crippen LogP contribution >= 0.6 is 22.9 Å². The zero-order chi connectivity index (χ0) is 25.8. The van der Waals surface area contributed by atoms with Gasteiger partial charge >= 0.3 is 0 Å². The van der Waals surface area contributed by atoms with Crippen molar-refractivity contribution in [1.29, 1.82) is 0 Å². The number of ether oxygens (including phenoxy) is 2. The van der Waals surface area contributed by atoms with Gasteiger partial charge in [0.1, 0.15) is 35.4 Å². The van der Waals surface area contributed by atoms with Crippen molar-refractivity contribution in [1.82, 2.24) is 15.0 Å². The van der Waals surface area contributed by atoms with Crippen molar-refractivity contribution in [2.24, 2.45) is 0 Å². The molecule has 7 nitrogen and oxygen atoms in total. The number of fused-ring (bicyclic) bond motifs is 1. The normalized spacial score (nSPS) is 10.6. The molecular formula is C27H19ClFN5O2S. The van der Waals surface area contributed by atoms with Gasteiger partial charge in [0.05, 0.1) is 18.3 Å². The minimum absolute atomic E-state index is 0.196. The summed E-state index contributed by atoms with van der Waals surface area (Å²) in [5.74, 6) is 7.21. The highest BCUT2D eigenvalue weighted by Crippen LogP contribution is 2.33. The smallest absolute Gasteiger partial charge is 0.258 e. The molecule has 0 aliphatic rings. The fraction of sp³-hybridized carbons (Fsp3) is 0.0741. The third kappa shape index (κ3) is 5.72. The molecule has 3 N–H and O–H groups in total. The second-order valence-electron chi connectivity index (χ2n) is 7.78. The predicted octanol–water partition coefficient (Wildman–Crippen LogP) is 6.19. The third-order valence-electron chi connectivity index (χ3n) is 5.21. The van der Waals surface area contributed by atoms with Gasteiger partial charge in [-0.25, -0.2) is 14.4 Å². The van der Waals surface area contributed by atoms with E-state index in [-0.39, 0.29) is 24.1 Å². The van der Waals surface area contributed by atoms with E-state index >= 15 is 0 Å². The van der Waals surface area contributed by atoms with Gasteiger partial charge in [-0.15, -0.1) is 11.3 Å². The number of hydrogen-bond acceptors (Lipinski definition) is 8. The predicted molar refractivity (Wildman–Crippen MR) is 144 cm³/mol. The van der Waals surface area contributed by atoms with Crippen LogP contribution in [0.25, 0.3) is 10.1 Å².